The highest BCUT2D eigenvalue weighted by atomic mass is 14.4. The zero-order valence-corrected chi connectivity index (χ0v) is 11.6. The van der Waals surface area contributed by atoms with E-state index in [1.807, 2.05) is 0 Å². The number of rotatable bonds is 2. The van der Waals surface area contributed by atoms with E-state index < -0.39 is 0 Å². The molecule has 19 heavy (non-hydrogen) atoms. The van der Waals surface area contributed by atoms with E-state index in [0.717, 1.165) is 6.42 Å². The van der Waals surface area contributed by atoms with Crippen molar-refractivity contribution in [1.82, 2.24) is 0 Å². The van der Waals surface area contributed by atoms with Gasteiger partial charge in [0.15, 0.2) is 0 Å². The molecule has 0 aliphatic heterocycles. The smallest absolute Gasteiger partial charge is 0.0390 e. The normalized spacial score (nSPS) is 19.5. The molecule has 2 aromatic rings. The molecule has 0 unspecified atom stereocenters. The van der Waals surface area contributed by atoms with Gasteiger partial charge in [-0.2, -0.15) is 0 Å². The molecule has 96 valence electrons. The molecule has 0 amide bonds. The van der Waals surface area contributed by atoms with Gasteiger partial charge in [-0.3, -0.25) is 0 Å². The fourth-order valence-electron chi connectivity index (χ4n) is 3.24. The molecular formula is C19H20. The minimum atomic E-state index is 0.0337. The summed E-state index contributed by atoms with van der Waals surface area (Å²) in [7, 11) is 0. The van der Waals surface area contributed by atoms with Gasteiger partial charge in [-0.05, 0) is 23.0 Å². The second-order valence-corrected chi connectivity index (χ2v) is 6.20. The van der Waals surface area contributed by atoms with Gasteiger partial charge in [0.2, 0.25) is 0 Å². The summed E-state index contributed by atoms with van der Waals surface area (Å²) in [4.78, 5) is 0. The van der Waals surface area contributed by atoms with Crippen molar-refractivity contribution in [3.05, 3.63) is 83.9 Å². The van der Waals surface area contributed by atoms with Crippen LogP contribution in [-0.4, -0.2) is 0 Å². The number of benzene rings is 2. The van der Waals surface area contributed by atoms with Crippen molar-refractivity contribution in [2.75, 3.05) is 0 Å². The van der Waals surface area contributed by atoms with Gasteiger partial charge in [-0.25, -0.2) is 0 Å². The highest BCUT2D eigenvalue weighted by molar-refractivity contribution is 5.47. The molecule has 1 aliphatic carbocycles. The molecule has 0 heterocycles. The number of allylic oxidation sites excluding steroid dienone is 2. The third kappa shape index (κ3) is 2.12. The average Bonchev–Trinajstić information content (AvgIpc) is 2.78. The Morgan fingerprint density at radius 1 is 0.684 bits per heavy atom. The van der Waals surface area contributed by atoms with Crippen LogP contribution in [0.3, 0.4) is 0 Å². The van der Waals surface area contributed by atoms with Crippen LogP contribution in [0.1, 0.15) is 31.4 Å². The van der Waals surface area contributed by atoms with Gasteiger partial charge in [0.25, 0.3) is 0 Å². The molecule has 0 spiro atoms. The Kier molecular flexibility index (Phi) is 2.82. The van der Waals surface area contributed by atoms with Crippen LogP contribution in [0, 0.1) is 5.41 Å². The molecular weight excluding hydrogens is 228 g/mol. The minimum Gasteiger partial charge on any atom is -0.0816 e. The summed E-state index contributed by atoms with van der Waals surface area (Å²) in [5.74, 6) is 0. The third-order valence-corrected chi connectivity index (χ3v) is 4.13. The lowest BCUT2D eigenvalue weighted by Gasteiger charge is -2.32. The summed E-state index contributed by atoms with van der Waals surface area (Å²) in [6.45, 7) is 4.63. The largest absolute Gasteiger partial charge is 0.0816 e. The lowest BCUT2D eigenvalue weighted by molar-refractivity contribution is 0.402. The van der Waals surface area contributed by atoms with E-state index in [9.17, 15) is 0 Å². The fourth-order valence-corrected chi connectivity index (χ4v) is 3.24. The van der Waals surface area contributed by atoms with Gasteiger partial charge in [-0.1, -0.05) is 86.7 Å². The van der Waals surface area contributed by atoms with Crippen LogP contribution < -0.4 is 0 Å². The average molecular weight is 248 g/mol. The van der Waals surface area contributed by atoms with E-state index in [1.165, 1.54) is 11.1 Å². The highest BCUT2D eigenvalue weighted by Crippen LogP contribution is 2.49. The Balaban J connectivity index is 2.16. The van der Waals surface area contributed by atoms with Gasteiger partial charge < -0.3 is 0 Å². The van der Waals surface area contributed by atoms with Crippen molar-refractivity contribution in [1.29, 1.82) is 0 Å². The maximum absolute atomic E-state index is 2.40. The number of hydrogen-bond acceptors (Lipinski definition) is 0. The zero-order chi connectivity index (χ0) is 13.3. The third-order valence-electron chi connectivity index (χ3n) is 4.13. The maximum atomic E-state index is 2.40. The fraction of sp³-hybridized carbons (Fsp3) is 0.263. The Morgan fingerprint density at radius 2 is 1.16 bits per heavy atom. The van der Waals surface area contributed by atoms with E-state index in [4.69, 9.17) is 0 Å². The predicted molar refractivity (Wildman–Crippen MR) is 81.2 cm³/mol. The molecule has 0 N–H and O–H groups in total. The van der Waals surface area contributed by atoms with Crippen LogP contribution in [0.4, 0.5) is 0 Å². The standard InChI is InChI=1S/C19H20/c1-18(2)13-14-19(15-18,16-9-5-3-6-10-16)17-11-7-4-8-12-17/h3-14H,15H2,1-2H3. The Labute approximate surface area is 115 Å². The van der Waals surface area contributed by atoms with Crippen LogP contribution in [-0.2, 0) is 5.41 Å². The van der Waals surface area contributed by atoms with Crippen molar-refractivity contribution in [3.8, 4) is 0 Å². The van der Waals surface area contributed by atoms with E-state index in [2.05, 4.69) is 86.7 Å². The van der Waals surface area contributed by atoms with E-state index >= 15 is 0 Å². The summed E-state index contributed by atoms with van der Waals surface area (Å²) < 4.78 is 0. The Hall–Kier alpha value is -1.82. The van der Waals surface area contributed by atoms with Crippen LogP contribution >= 0.6 is 0 Å². The maximum Gasteiger partial charge on any atom is 0.0390 e. The molecule has 0 saturated heterocycles. The molecule has 0 saturated carbocycles. The van der Waals surface area contributed by atoms with Gasteiger partial charge in [0.1, 0.15) is 0 Å². The van der Waals surface area contributed by atoms with E-state index in [-0.39, 0.29) is 10.8 Å². The van der Waals surface area contributed by atoms with Gasteiger partial charge in [-0.15, -0.1) is 0 Å². The van der Waals surface area contributed by atoms with E-state index in [0.29, 0.717) is 0 Å². The lowest BCUT2D eigenvalue weighted by atomic mass is 9.71. The Bertz CT molecular complexity index is 536. The molecule has 2 aromatic carbocycles. The van der Waals surface area contributed by atoms with Gasteiger partial charge in [0, 0.05) is 5.41 Å². The lowest BCUT2D eigenvalue weighted by Crippen LogP contribution is -2.26. The van der Waals surface area contributed by atoms with Crippen molar-refractivity contribution in [3.63, 3.8) is 0 Å². The van der Waals surface area contributed by atoms with Crippen LogP contribution in [0.2, 0.25) is 0 Å². The Morgan fingerprint density at radius 3 is 1.53 bits per heavy atom. The molecule has 0 atom stereocenters. The monoisotopic (exact) mass is 248 g/mol. The molecule has 0 heteroatoms. The minimum absolute atomic E-state index is 0.0337. The molecule has 3 rings (SSSR count). The van der Waals surface area contributed by atoms with Gasteiger partial charge in [0.05, 0.1) is 0 Å². The van der Waals surface area contributed by atoms with Crippen molar-refractivity contribution >= 4 is 0 Å². The van der Waals surface area contributed by atoms with Crippen molar-refractivity contribution in [2.24, 2.45) is 5.41 Å². The molecule has 0 nitrogen and oxygen atoms in total. The first kappa shape index (κ1) is 12.2. The first-order valence-corrected chi connectivity index (χ1v) is 6.94. The summed E-state index contributed by atoms with van der Waals surface area (Å²) in [5, 5.41) is 0. The summed E-state index contributed by atoms with van der Waals surface area (Å²) >= 11 is 0. The topological polar surface area (TPSA) is 0 Å². The molecule has 0 radical (unpaired) electrons. The number of hydrogen-bond donors (Lipinski definition) is 0. The molecule has 0 fully saturated rings. The van der Waals surface area contributed by atoms with Crippen molar-refractivity contribution in [2.45, 2.75) is 25.7 Å². The van der Waals surface area contributed by atoms with Crippen LogP contribution in [0.15, 0.2) is 72.8 Å². The van der Waals surface area contributed by atoms with Crippen LogP contribution in [0.25, 0.3) is 0 Å². The predicted octanol–water partition coefficient (Wildman–Crippen LogP) is 4.96. The first-order valence-electron chi connectivity index (χ1n) is 6.94. The molecule has 1 aliphatic rings. The summed E-state index contributed by atoms with van der Waals surface area (Å²) in [6, 6.07) is 21.7. The summed E-state index contributed by atoms with van der Waals surface area (Å²) in [5.41, 5.74) is 3.07. The van der Waals surface area contributed by atoms with E-state index in [1.54, 1.807) is 0 Å². The molecule has 0 bridgehead atoms. The van der Waals surface area contributed by atoms with Gasteiger partial charge >= 0.3 is 0 Å². The zero-order valence-electron chi connectivity index (χ0n) is 11.6. The SMILES string of the molecule is CC1(C)C=CC(c2ccccc2)(c2ccccc2)C1. The molecule has 0 aromatic heterocycles. The first-order chi connectivity index (χ1) is 9.12. The second-order valence-electron chi connectivity index (χ2n) is 6.20. The summed E-state index contributed by atoms with van der Waals surface area (Å²) in [6.07, 6.45) is 5.90. The quantitative estimate of drug-likeness (QED) is 0.659. The van der Waals surface area contributed by atoms with Crippen LogP contribution in [0.5, 0.6) is 0 Å². The second kappa shape index (κ2) is 4.38. The highest BCUT2D eigenvalue weighted by Gasteiger charge is 2.40. The van der Waals surface area contributed by atoms with Crippen molar-refractivity contribution < 1.29 is 0 Å².